The molecule has 1 unspecified atom stereocenters. The van der Waals surface area contributed by atoms with Crippen LogP contribution in [0.3, 0.4) is 0 Å². The zero-order valence-corrected chi connectivity index (χ0v) is 4.98. The highest BCUT2D eigenvalue weighted by Crippen LogP contribution is 2.12. The Kier molecular flexibility index (Phi) is 1.97. The van der Waals surface area contributed by atoms with E-state index < -0.39 is 0 Å². The third kappa shape index (κ3) is 1.58. The van der Waals surface area contributed by atoms with Crippen LogP contribution in [-0.4, -0.2) is 0 Å². The van der Waals surface area contributed by atoms with Gasteiger partial charge in [-0.2, -0.15) is 0 Å². The summed E-state index contributed by atoms with van der Waals surface area (Å²) >= 11 is 0. The predicted molar refractivity (Wildman–Crippen MR) is 34.0 cm³/mol. The smallest absolute Gasteiger partial charge is 0.0120 e. The fraction of sp³-hybridized carbons (Fsp3) is 0.625. The molecule has 0 spiro atoms. The van der Waals surface area contributed by atoms with Crippen molar-refractivity contribution in [2.45, 2.75) is 25.7 Å². The van der Waals surface area contributed by atoms with Crippen molar-refractivity contribution >= 4 is 0 Å². The fourth-order valence-corrected chi connectivity index (χ4v) is 0.846. The van der Waals surface area contributed by atoms with Crippen molar-refractivity contribution < 1.29 is 0 Å². The molecule has 0 saturated carbocycles. The van der Waals surface area contributed by atoms with Crippen molar-refractivity contribution in [1.82, 2.24) is 0 Å². The van der Waals surface area contributed by atoms with Crippen LogP contribution in [-0.2, 0) is 0 Å². The summed E-state index contributed by atoms with van der Waals surface area (Å²) in [6, 6.07) is 0. The molecule has 0 aromatic carbocycles. The Morgan fingerprint density at radius 3 is 3.12 bits per heavy atom. The maximum absolute atomic E-state index is 5.63. The number of hydrogen-bond acceptors (Lipinski definition) is 0. The van der Waals surface area contributed by atoms with E-state index in [0.717, 1.165) is 19.3 Å². The average Bonchev–Trinajstić information content (AvgIpc) is 1.94. The summed E-state index contributed by atoms with van der Waals surface area (Å²) in [4.78, 5) is 0. The first-order chi connectivity index (χ1) is 3.89. The van der Waals surface area contributed by atoms with Crippen molar-refractivity contribution in [3.63, 3.8) is 0 Å². The largest absolute Gasteiger partial charge is 0.103 e. The van der Waals surface area contributed by atoms with Crippen LogP contribution >= 0.6 is 0 Å². The molecule has 1 aliphatic carbocycles. The second kappa shape index (κ2) is 2.77. The van der Waals surface area contributed by atoms with Crippen LogP contribution in [0, 0.1) is 24.7 Å². The molecule has 0 aliphatic heterocycles. The average molecular weight is 106 g/mol. The van der Waals surface area contributed by atoms with Gasteiger partial charge in [-0.1, -0.05) is 0 Å². The molecule has 0 amide bonds. The molecule has 0 bridgehead atoms. The molecule has 0 saturated heterocycles. The van der Waals surface area contributed by atoms with E-state index in [-0.39, 0.29) is 0 Å². The Labute approximate surface area is 51.3 Å². The quantitative estimate of drug-likeness (QED) is 0.414. The summed E-state index contributed by atoms with van der Waals surface area (Å²) in [7, 11) is 0. The van der Waals surface area contributed by atoms with Gasteiger partial charge in [0.25, 0.3) is 0 Å². The van der Waals surface area contributed by atoms with Crippen LogP contribution < -0.4 is 0 Å². The molecule has 0 aromatic rings. The van der Waals surface area contributed by atoms with Crippen LogP contribution in [0.5, 0.6) is 0 Å². The van der Waals surface area contributed by atoms with E-state index in [4.69, 9.17) is 6.92 Å². The maximum Gasteiger partial charge on any atom is 0.0120 e. The van der Waals surface area contributed by atoms with Crippen molar-refractivity contribution in [1.29, 1.82) is 0 Å². The minimum absolute atomic E-state index is 0.352. The Balaban J connectivity index is 2.35. The summed E-state index contributed by atoms with van der Waals surface area (Å²) in [5.41, 5.74) is 0. The van der Waals surface area contributed by atoms with Crippen LogP contribution in [0.1, 0.15) is 25.7 Å². The number of hydrogen-bond donors (Lipinski definition) is 0. The lowest BCUT2D eigenvalue weighted by molar-refractivity contribution is 0.587. The molecule has 1 rings (SSSR count). The zero-order chi connectivity index (χ0) is 5.82. The first-order valence-electron chi connectivity index (χ1n) is 3.11. The van der Waals surface area contributed by atoms with Gasteiger partial charge in [-0.3, -0.25) is 0 Å². The molecule has 1 aliphatic rings. The third-order valence-electron chi connectivity index (χ3n) is 1.37. The summed E-state index contributed by atoms with van der Waals surface area (Å²) in [6.45, 7) is 5.63. The molecule has 0 aromatic heterocycles. The van der Waals surface area contributed by atoms with Gasteiger partial charge in [0.15, 0.2) is 0 Å². The van der Waals surface area contributed by atoms with Gasteiger partial charge in [-0.25, -0.2) is 0 Å². The standard InChI is InChI=1S/C8H10/c1-8-6-4-2-3-5-7-8/h1,8H,2,4,6-7H2. The molecule has 0 heterocycles. The molecule has 42 valence electrons. The monoisotopic (exact) mass is 106 g/mol. The Bertz CT molecular complexity index is 114. The zero-order valence-electron chi connectivity index (χ0n) is 4.98. The van der Waals surface area contributed by atoms with E-state index in [0.29, 0.717) is 5.92 Å². The van der Waals surface area contributed by atoms with E-state index in [9.17, 15) is 0 Å². The molecule has 8 heavy (non-hydrogen) atoms. The van der Waals surface area contributed by atoms with Crippen LogP contribution in [0.15, 0.2) is 0 Å². The third-order valence-corrected chi connectivity index (χ3v) is 1.37. The highest BCUT2D eigenvalue weighted by Gasteiger charge is 2.00. The molecule has 1 atom stereocenters. The van der Waals surface area contributed by atoms with Crippen LogP contribution in [0.4, 0.5) is 0 Å². The first-order valence-corrected chi connectivity index (χ1v) is 3.11. The van der Waals surface area contributed by atoms with E-state index in [2.05, 4.69) is 11.8 Å². The molecule has 0 heteroatoms. The predicted octanol–water partition coefficient (Wildman–Crippen LogP) is 1.89. The normalized spacial score (nSPS) is 27.9. The molecule has 0 N–H and O–H groups in total. The SMILES string of the molecule is [CH]C1CC#CCCC1. The molecular formula is C8H10. The van der Waals surface area contributed by atoms with Gasteiger partial charge in [-0.15, -0.1) is 11.8 Å². The van der Waals surface area contributed by atoms with E-state index in [1.165, 1.54) is 6.42 Å². The molecule has 2 radical (unpaired) electrons. The Morgan fingerprint density at radius 1 is 1.38 bits per heavy atom. The highest BCUT2D eigenvalue weighted by molar-refractivity contribution is 5.02. The molecule has 0 nitrogen and oxygen atoms in total. The maximum atomic E-state index is 5.63. The Morgan fingerprint density at radius 2 is 2.25 bits per heavy atom. The van der Waals surface area contributed by atoms with Gasteiger partial charge in [0.2, 0.25) is 0 Å². The minimum atomic E-state index is 0.352. The van der Waals surface area contributed by atoms with E-state index in [1.54, 1.807) is 0 Å². The van der Waals surface area contributed by atoms with Crippen molar-refractivity contribution in [2.75, 3.05) is 0 Å². The van der Waals surface area contributed by atoms with Gasteiger partial charge in [0.05, 0.1) is 0 Å². The second-order valence-corrected chi connectivity index (χ2v) is 2.21. The van der Waals surface area contributed by atoms with Gasteiger partial charge in [0, 0.05) is 12.8 Å². The highest BCUT2D eigenvalue weighted by atomic mass is 14.0. The van der Waals surface area contributed by atoms with Crippen molar-refractivity contribution in [3.8, 4) is 11.8 Å². The van der Waals surface area contributed by atoms with Gasteiger partial charge < -0.3 is 0 Å². The summed E-state index contributed by atoms with van der Waals surface area (Å²) in [6.07, 6.45) is 4.28. The molecular weight excluding hydrogens is 96.1 g/mol. The first kappa shape index (κ1) is 5.69. The van der Waals surface area contributed by atoms with E-state index in [1.807, 2.05) is 0 Å². The summed E-state index contributed by atoms with van der Waals surface area (Å²) in [5.74, 6) is 6.42. The lowest BCUT2D eigenvalue weighted by Gasteiger charge is -2.00. The Hall–Kier alpha value is -0.440. The van der Waals surface area contributed by atoms with Gasteiger partial charge in [0.1, 0.15) is 0 Å². The summed E-state index contributed by atoms with van der Waals surface area (Å²) < 4.78 is 0. The fourth-order valence-electron chi connectivity index (χ4n) is 0.846. The lowest BCUT2D eigenvalue weighted by Crippen LogP contribution is -1.89. The van der Waals surface area contributed by atoms with Crippen molar-refractivity contribution in [3.05, 3.63) is 6.92 Å². The summed E-state index contributed by atoms with van der Waals surface area (Å²) in [5, 5.41) is 0. The van der Waals surface area contributed by atoms with Crippen LogP contribution in [0.25, 0.3) is 0 Å². The topological polar surface area (TPSA) is 0 Å². The van der Waals surface area contributed by atoms with E-state index >= 15 is 0 Å². The van der Waals surface area contributed by atoms with Crippen molar-refractivity contribution in [2.24, 2.45) is 5.92 Å². The minimum Gasteiger partial charge on any atom is -0.103 e. The second-order valence-electron chi connectivity index (χ2n) is 2.21. The van der Waals surface area contributed by atoms with Crippen LogP contribution in [0.2, 0.25) is 0 Å². The lowest BCUT2D eigenvalue weighted by atomic mass is 10.0. The van der Waals surface area contributed by atoms with Gasteiger partial charge in [-0.05, 0) is 25.7 Å². The van der Waals surface area contributed by atoms with Gasteiger partial charge >= 0.3 is 0 Å². The number of rotatable bonds is 0. The molecule has 0 fully saturated rings.